The van der Waals surface area contributed by atoms with Gasteiger partial charge < -0.3 is 5.32 Å². The predicted octanol–water partition coefficient (Wildman–Crippen LogP) is 4.31. The first kappa shape index (κ1) is 13.4. The lowest BCUT2D eigenvalue weighted by Gasteiger charge is -2.20. The van der Waals surface area contributed by atoms with E-state index in [1.807, 2.05) is 30.2 Å². The second-order valence-electron chi connectivity index (χ2n) is 5.16. The van der Waals surface area contributed by atoms with E-state index in [4.69, 9.17) is 4.99 Å². The smallest absolute Gasteiger partial charge is 0.161 e. The maximum atomic E-state index is 4.91. The minimum Gasteiger partial charge on any atom is -0.334 e. The third-order valence-electron chi connectivity index (χ3n) is 4.05. The quantitative estimate of drug-likeness (QED) is 0.913. The number of pyridine rings is 1. The predicted molar refractivity (Wildman–Crippen MR) is 88.6 cm³/mol. The Morgan fingerprint density at radius 1 is 1.25 bits per heavy atom. The fourth-order valence-electron chi connectivity index (χ4n) is 2.51. The van der Waals surface area contributed by atoms with Crippen molar-refractivity contribution in [2.45, 2.75) is 32.2 Å². The van der Waals surface area contributed by atoms with Gasteiger partial charge in [-0.05, 0) is 25.0 Å². The number of aliphatic imine (C=N–C) groups is 1. The number of fused-ring (bicyclic) bond motifs is 1. The lowest BCUT2D eigenvalue weighted by Crippen LogP contribution is -2.24. The lowest BCUT2D eigenvalue weighted by molar-refractivity contribution is 0.456. The van der Waals surface area contributed by atoms with Gasteiger partial charge in [0.15, 0.2) is 5.17 Å². The van der Waals surface area contributed by atoms with Gasteiger partial charge in [-0.25, -0.2) is 0 Å². The number of aromatic nitrogens is 1. The Hall–Kier alpha value is -1.55. The molecule has 0 unspecified atom stereocenters. The molecule has 1 aliphatic rings. The van der Waals surface area contributed by atoms with Crippen LogP contribution in [0.2, 0.25) is 0 Å². The first-order valence-corrected chi connectivity index (χ1v) is 8.07. The average molecular weight is 285 g/mol. The van der Waals surface area contributed by atoms with Gasteiger partial charge >= 0.3 is 0 Å². The van der Waals surface area contributed by atoms with Crippen LogP contribution in [0.3, 0.4) is 0 Å². The molecule has 0 amide bonds. The molecule has 0 radical (unpaired) electrons. The van der Waals surface area contributed by atoms with E-state index >= 15 is 0 Å². The molecule has 2 aromatic rings. The summed E-state index contributed by atoms with van der Waals surface area (Å²) in [6, 6.07) is 8.28. The Morgan fingerprint density at radius 2 is 2.10 bits per heavy atom. The molecule has 0 fully saturated rings. The number of hydrogen-bond acceptors (Lipinski definition) is 4. The number of rotatable bonds is 3. The first-order valence-electron chi connectivity index (χ1n) is 7.09. The number of anilines is 1. The molecule has 0 saturated heterocycles. The SMILES string of the molecule is CCC1(CC)CSC(Nc2cccc3cnccc23)=N1. The van der Waals surface area contributed by atoms with Crippen molar-refractivity contribution < 1.29 is 0 Å². The van der Waals surface area contributed by atoms with Gasteiger partial charge in [-0.2, -0.15) is 0 Å². The molecule has 3 nitrogen and oxygen atoms in total. The zero-order valence-electron chi connectivity index (χ0n) is 11.9. The molecule has 4 heteroatoms. The monoisotopic (exact) mass is 285 g/mol. The van der Waals surface area contributed by atoms with Crippen molar-refractivity contribution in [2.24, 2.45) is 4.99 Å². The Kier molecular flexibility index (Phi) is 3.66. The van der Waals surface area contributed by atoms with Crippen molar-refractivity contribution in [3.63, 3.8) is 0 Å². The van der Waals surface area contributed by atoms with Crippen LogP contribution >= 0.6 is 11.8 Å². The molecule has 104 valence electrons. The third-order valence-corrected chi connectivity index (χ3v) is 5.20. The fourth-order valence-corrected chi connectivity index (χ4v) is 3.82. The molecule has 0 spiro atoms. The molecular weight excluding hydrogens is 266 g/mol. The summed E-state index contributed by atoms with van der Waals surface area (Å²) in [7, 11) is 0. The van der Waals surface area contributed by atoms with Crippen LogP contribution in [0.25, 0.3) is 10.8 Å². The van der Waals surface area contributed by atoms with Gasteiger partial charge in [0.05, 0.1) is 5.54 Å². The summed E-state index contributed by atoms with van der Waals surface area (Å²) < 4.78 is 0. The summed E-state index contributed by atoms with van der Waals surface area (Å²) in [6.45, 7) is 4.44. The van der Waals surface area contributed by atoms with E-state index in [0.717, 1.165) is 34.8 Å². The minimum atomic E-state index is 0.124. The number of nitrogens with one attached hydrogen (secondary N) is 1. The molecule has 0 aliphatic carbocycles. The summed E-state index contributed by atoms with van der Waals surface area (Å²) in [5.74, 6) is 1.08. The molecule has 1 N–H and O–H groups in total. The van der Waals surface area contributed by atoms with Crippen LogP contribution in [-0.2, 0) is 0 Å². The molecule has 20 heavy (non-hydrogen) atoms. The van der Waals surface area contributed by atoms with E-state index in [2.05, 4.69) is 42.3 Å². The van der Waals surface area contributed by atoms with Crippen molar-refractivity contribution in [1.82, 2.24) is 4.98 Å². The van der Waals surface area contributed by atoms with Crippen LogP contribution in [0.15, 0.2) is 41.7 Å². The second-order valence-corrected chi connectivity index (χ2v) is 6.13. The third kappa shape index (κ3) is 2.40. The van der Waals surface area contributed by atoms with E-state index in [0.29, 0.717) is 0 Å². The van der Waals surface area contributed by atoms with Crippen molar-refractivity contribution in [1.29, 1.82) is 0 Å². The highest BCUT2D eigenvalue weighted by Gasteiger charge is 2.32. The zero-order chi connectivity index (χ0) is 14.0. The Morgan fingerprint density at radius 3 is 2.85 bits per heavy atom. The first-order chi connectivity index (χ1) is 9.76. The van der Waals surface area contributed by atoms with E-state index in [1.165, 1.54) is 5.39 Å². The summed E-state index contributed by atoms with van der Waals surface area (Å²) in [6.07, 6.45) is 5.92. The molecule has 1 aromatic carbocycles. The number of nitrogens with zero attached hydrogens (tertiary/aromatic N) is 2. The fraction of sp³-hybridized carbons (Fsp3) is 0.375. The highest BCUT2D eigenvalue weighted by molar-refractivity contribution is 8.14. The molecule has 1 aromatic heterocycles. The van der Waals surface area contributed by atoms with E-state index in [9.17, 15) is 0 Å². The van der Waals surface area contributed by atoms with Gasteiger partial charge in [-0.3, -0.25) is 9.98 Å². The summed E-state index contributed by atoms with van der Waals surface area (Å²) in [5.41, 5.74) is 1.23. The van der Waals surface area contributed by atoms with Crippen LogP contribution in [0.1, 0.15) is 26.7 Å². The van der Waals surface area contributed by atoms with Crippen molar-refractivity contribution in [2.75, 3.05) is 11.1 Å². The number of amidine groups is 1. The maximum absolute atomic E-state index is 4.91. The van der Waals surface area contributed by atoms with Gasteiger partial charge in [-0.1, -0.05) is 37.7 Å². The Balaban J connectivity index is 1.91. The van der Waals surface area contributed by atoms with Crippen LogP contribution < -0.4 is 5.32 Å². The summed E-state index contributed by atoms with van der Waals surface area (Å²) >= 11 is 1.83. The standard InChI is InChI=1S/C16H19N3S/c1-3-16(4-2)11-20-15(19-16)18-14-7-5-6-12-10-17-9-8-13(12)14/h5-10H,3-4,11H2,1-2H3,(H,18,19). The average Bonchev–Trinajstić information content (AvgIpc) is 2.92. The number of hydrogen-bond donors (Lipinski definition) is 1. The van der Waals surface area contributed by atoms with Crippen molar-refractivity contribution >= 4 is 33.4 Å². The highest BCUT2D eigenvalue weighted by Crippen LogP contribution is 2.34. The lowest BCUT2D eigenvalue weighted by atomic mass is 9.97. The largest absolute Gasteiger partial charge is 0.334 e. The maximum Gasteiger partial charge on any atom is 0.161 e. The molecule has 1 aliphatic heterocycles. The second kappa shape index (κ2) is 5.44. The summed E-state index contributed by atoms with van der Waals surface area (Å²) in [4.78, 5) is 9.08. The van der Waals surface area contributed by atoms with Gasteiger partial charge in [0.25, 0.3) is 0 Å². The van der Waals surface area contributed by atoms with E-state index in [-0.39, 0.29) is 5.54 Å². The zero-order valence-corrected chi connectivity index (χ0v) is 12.7. The van der Waals surface area contributed by atoms with E-state index < -0.39 is 0 Å². The van der Waals surface area contributed by atoms with Crippen molar-refractivity contribution in [3.8, 4) is 0 Å². The van der Waals surface area contributed by atoms with Crippen LogP contribution in [0.4, 0.5) is 5.69 Å². The Bertz CT molecular complexity index is 642. The van der Waals surface area contributed by atoms with Gasteiger partial charge in [0.2, 0.25) is 0 Å². The molecule has 0 saturated carbocycles. The summed E-state index contributed by atoms with van der Waals surface area (Å²) in [5, 5.41) is 6.87. The normalized spacial score (nSPS) is 17.2. The number of thioether (sulfide) groups is 1. The molecule has 0 bridgehead atoms. The highest BCUT2D eigenvalue weighted by atomic mass is 32.2. The Labute approximate surface area is 123 Å². The van der Waals surface area contributed by atoms with Gasteiger partial charge in [-0.15, -0.1) is 0 Å². The van der Waals surface area contributed by atoms with Gasteiger partial charge in [0.1, 0.15) is 0 Å². The molecular formula is C16H19N3S. The number of benzene rings is 1. The van der Waals surface area contributed by atoms with Crippen LogP contribution in [0.5, 0.6) is 0 Å². The van der Waals surface area contributed by atoms with Gasteiger partial charge in [0, 0.05) is 34.6 Å². The molecule has 3 rings (SSSR count). The molecule has 0 atom stereocenters. The van der Waals surface area contributed by atoms with Crippen LogP contribution in [-0.4, -0.2) is 21.4 Å². The van der Waals surface area contributed by atoms with Crippen molar-refractivity contribution in [3.05, 3.63) is 36.7 Å². The topological polar surface area (TPSA) is 37.3 Å². The molecule has 2 heterocycles. The van der Waals surface area contributed by atoms with Crippen LogP contribution in [0, 0.1) is 0 Å². The van der Waals surface area contributed by atoms with E-state index in [1.54, 1.807) is 0 Å². The minimum absolute atomic E-state index is 0.124.